The molecule has 0 aliphatic carbocycles. The average Bonchev–Trinajstić information content (AvgIpc) is 2.87. The summed E-state index contributed by atoms with van der Waals surface area (Å²) in [6.07, 6.45) is -0.462. The molecule has 0 fully saturated rings. The quantitative estimate of drug-likeness (QED) is 0.347. The number of hydrogen-bond acceptors (Lipinski definition) is 5. The van der Waals surface area contributed by atoms with Crippen molar-refractivity contribution in [2.24, 2.45) is 0 Å². The van der Waals surface area contributed by atoms with E-state index in [0.29, 0.717) is 18.1 Å². The monoisotopic (exact) mass is 524 g/mol. The molecule has 0 radical (unpaired) electrons. The minimum Gasteiger partial charge on any atom is -0.485 e. The first-order valence-corrected chi connectivity index (χ1v) is 12.4. The van der Waals surface area contributed by atoms with E-state index >= 15 is 0 Å². The van der Waals surface area contributed by atoms with Gasteiger partial charge in [0, 0.05) is 20.1 Å². The predicted molar refractivity (Wildman–Crippen MR) is 144 cm³/mol. The number of ether oxygens (including phenoxy) is 3. The van der Waals surface area contributed by atoms with Gasteiger partial charge in [0.15, 0.2) is 11.5 Å². The lowest BCUT2D eigenvalue weighted by atomic mass is 10.1. The number of hydrogen-bond donors (Lipinski definition) is 1. The van der Waals surface area contributed by atoms with E-state index in [4.69, 9.17) is 25.8 Å². The summed E-state index contributed by atoms with van der Waals surface area (Å²) >= 11 is 6.67. The van der Waals surface area contributed by atoms with Gasteiger partial charge in [0.1, 0.15) is 18.8 Å². The maximum atomic E-state index is 12.9. The van der Waals surface area contributed by atoms with Crippen molar-refractivity contribution in [3.05, 3.63) is 94.5 Å². The fourth-order valence-corrected chi connectivity index (χ4v) is 3.59. The molecule has 7 nitrogen and oxygen atoms in total. The number of rotatable bonds is 10. The van der Waals surface area contributed by atoms with Crippen molar-refractivity contribution < 1.29 is 23.8 Å². The summed E-state index contributed by atoms with van der Waals surface area (Å²) in [6.45, 7) is 6.47. The van der Waals surface area contributed by atoms with Crippen LogP contribution in [-0.4, -0.2) is 42.6 Å². The van der Waals surface area contributed by atoms with Gasteiger partial charge in [-0.15, -0.1) is 0 Å². The van der Waals surface area contributed by atoms with Crippen molar-refractivity contribution >= 4 is 23.6 Å². The van der Waals surface area contributed by atoms with E-state index in [1.165, 1.54) is 4.90 Å². The molecule has 0 saturated carbocycles. The largest absolute Gasteiger partial charge is 0.485 e. The third kappa shape index (κ3) is 8.72. The molecule has 0 aromatic heterocycles. The second-order valence-electron chi connectivity index (χ2n) is 9.46. The molecule has 0 aliphatic heterocycles. The zero-order valence-electron chi connectivity index (χ0n) is 21.6. The number of nitrogens with one attached hydrogen (secondary N) is 1. The van der Waals surface area contributed by atoms with Crippen LogP contribution in [0, 0.1) is 0 Å². The molecule has 0 unspecified atom stereocenters. The minimum atomic E-state index is -0.595. The van der Waals surface area contributed by atoms with Crippen LogP contribution in [0.1, 0.15) is 42.3 Å². The van der Waals surface area contributed by atoms with Crippen molar-refractivity contribution in [2.75, 3.05) is 20.1 Å². The first-order chi connectivity index (χ1) is 17.6. The van der Waals surface area contributed by atoms with E-state index in [2.05, 4.69) is 5.32 Å². The Bertz CT molecular complexity index is 1180. The van der Waals surface area contributed by atoms with Gasteiger partial charge >= 0.3 is 6.09 Å². The molecule has 37 heavy (non-hydrogen) atoms. The maximum absolute atomic E-state index is 12.9. The van der Waals surface area contributed by atoms with Gasteiger partial charge in [-0.3, -0.25) is 4.79 Å². The Hall–Kier alpha value is -3.71. The van der Waals surface area contributed by atoms with E-state index in [1.807, 2.05) is 60.7 Å². The van der Waals surface area contributed by atoms with Crippen LogP contribution >= 0.6 is 11.6 Å². The highest BCUT2D eigenvalue weighted by molar-refractivity contribution is 6.35. The Morgan fingerprint density at radius 2 is 1.43 bits per heavy atom. The highest BCUT2D eigenvalue weighted by Gasteiger charge is 2.21. The smallest absolute Gasteiger partial charge is 0.410 e. The SMILES string of the molecule is CN(CCNC(=O)c1ccc(OCc2ccccc2)c(OCc2ccccc2)c1Cl)C(=O)OC(C)(C)C. The molecule has 0 atom stereocenters. The Kier molecular flexibility index (Phi) is 9.80. The predicted octanol–water partition coefficient (Wildman–Crippen LogP) is 6.09. The Labute approximate surface area is 223 Å². The molecule has 0 saturated heterocycles. The van der Waals surface area contributed by atoms with Gasteiger partial charge in [0.2, 0.25) is 0 Å². The molecule has 2 amide bonds. The number of carbonyl (C=O) groups excluding carboxylic acids is 2. The molecule has 0 aliphatic rings. The van der Waals surface area contributed by atoms with Crippen LogP contribution in [0.5, 0.6) is 11.5 Å². The highest BCUT2D eigenvalue weighted by Crippen LogP contribution is 2.38. The fraction of sp³-hybridized carbons (Fsp3) is 0.310. The summed E-state index contributed by atoms with van der Waals surface area (Å²) in [5, 5.41) is 2.95. The maximum Gasteiger partial charge on any atom is 0.410 e. The summed E-state index contributed by atoms with van der Waals surface area (Å²) in [6, 6.07) is 22.7. The topological polar surface area (TPSA) is 77.1 Å². The lowest BCUT2D eigenvalue weighted by Gasteiger charge is -2.24. The second kappa shape index (κ2) is 13.0. The standard InChI is InChI=1S/C29H33ClN2O5/c1-29(2,3)37-28(34)32(4)18-17-31-27(33)23-15-16-24(35-19-21-11-7-5-8-12-21)26(25(23)30)36-20-22-13-9-6-10-14-22/h5-16H,17-20H2,1-4H3,(H,31,33). The number of nitrogens with zero attached hydrogens (tertiary/aromatic N) is 1. The Balaban J connectivity index is 1.71. The normalized spacial score (nSPS) is 10.9. The van der Waals surface area contributed by atoms with Gasteiger partial charge in [0.25, 0.3) is 5.91 Å². The molecule has 3 rings (SSSR count). The van der Waals surface area contributed by atoms with Gasteiger partial charge in [-0.05, 0) is 44.0 Å². The van der Waals surface area contributed by atoms with Crippen LogP contribution in [0.2, 0.25) is 5.02 Å². The van der Waals surface area contributed by atoms with Gasteiger partial charge in [-0.1, -0.05) is 72.3 Å². The third-order valence-electron chi connectivity index (χ3n) is 5.21. The summed E-state index contributed by atoms with van der Waals surface area (Å²) in [7, 11) is 1.61. The molecule has 3 aromatic rings. The van der Waals surface area contributed by atoms with E-state index in [0.717, 1.165) is 11.1 Å². The lowest BCUT2D eigenvalue weighted by molar-refractivity contribution is 0.0299. The van der Waals surface area contributed by atoms with Gasteiger partial charge < -0.3 is 24.4 Å². The zero-order chi connectivity index (χ0) is 26.8. The fourth-order valence-electron chi connectivity index (χ4n) is 3.29. The number of amides is 2. The summed E-state index contributed by atoms with van der Waals surface area (Å²) in [5.41, 5.74) is 1.59. The van der Waals surface area contributed by atoms with Crippen LogP contribution in [0.25, 0.3) is 0 Å². The molecule has 0 heterocycles. The second-order valence-corrected chi connectivity index (χ2v) is 9.84. The van der Waals surface area contributed by atoms with Crippen LogP contribution < -0.4 is 14.8 Å². The highest BCUT2D eigenvalue weighted by atomic mass is 35.5. The van der Waals surface area contributed by atoms with E-state index < -0.39 is 11.7 Å². The first-order valence-electron chi connectivity index (χ1n) is 12.0. The average molecular weight is 525 g/mol. The van der Waals surface area contributed by atoms with Gasteiger partial charge in [-0.25, -0.2) is 4.79 Å². The zero-order valence-corrected chi connectivity index (χ0v) is 22.4. The van der Waals surface area contributed by atoms with Crippen LogP contribution in [0.3, 0.4) is 0 Å². The molecule has 196 valence electrons. The Morgan fingerprint density at radius 3 is 2.00 bits per heavy atom. The third-order valence-corrected chi connectivity index (χ3v) is 5.58. The number of likely N-dealkylation sites (N-methyl/N-ethyl adjacent to an activating group) is 1. The van der Waals surface area contributed by atoms with Crippen molar-refractivity contribution in [3.8, 4) is 11.5 Å². The Morgan fingerprint density at radius 1 is 0.865 bits per heavy atom. The molecular formula is C29H33ClN2O5. The van der Waals surface area contributed by atoms with Crippen LogP contribution in [-0.2, 0) is 18.0 Å². The van der Waals surface area contributed by atoms with Crippen molar-refractivity contribution in [1.29, 1.82) is 0 Å². The minimum absolute atomic E-state index is 0.152. The van der Waals surface area contributed by atoms with E-state index in [-0.39, 0.29) is 36.2 Å². The summed E-state index contributed by atoms with van der Waals surface area (Å²) in [5.74, 6) is 0.340. The number of carbonyl (C=O) groups is 2. The van der Waals surface area contributed by atoms with E-state index in [9.17, 15) is 9.59 Å². The summed E-state index contributed by atoms with van der Waals surface area (Å²) in [4.78, 5) is 26.5. The molecule has 0 bridgehead atoms. The van der Waals surface area contributed by atoms with Gasteiger partial charge in [0.05, 0.1) is 10.6 Å². The van der Waals surface area contributed by atoms with Gasteiger partial charge in [-0.2, -0.15) is 0 Å². The molecule has 8 heteroatoms. The van der Waals surface area contributed by atoms with Crippen molar-refractivity contribution in [3.63, 3.8) is 0 Å². The number of halogens is 1. The summed E-state index contributed by atoms with van der Waals surface area (Å²) < 4.78 is 17.4. The van der Waals surface area contributed by atoms with Crippen molar-refractivity contribution in [2.45, 2.75) is 39.6 Å². The molecule has 0 spiro atoms. The van der Waals surface area contributed by atoms with E-state index in [1.54, 1.807) is 40.0 Å². The molecule has 3 aromatic carbocycles. The lowest BCUT2D eigenvalue weighted by Crippen LogP contribution is -2.39. The first kappa shape index (κ1) is 27.9. The van der Waals surface area contributed by atoms with Crippen molar-refractivity contribution in [1.82, 2.24) is 10.2 Å². The number of benzene rings is 3. The molecular weight excluding hydrogens is 492 g/mol. The van der Waals surface area contributed by atoms with Crippen LogP contribution in [0.15, 0.2) is 72.8 Å². The molecule has 1 N–H and O–H groups in total. The van der Waals surface area contributed by atoms with Crippen LogP contribution in [0.4, 0.5) is 4.79 Å².